The predicted molar refractivity (Wildman–Crippen MR) is 83.0 cm³/mol. The van der Waals surface area contributed by atoms with E-state index >= 15 is 0 Å². The number of carbonyl (C=O) groups excluding carboxylic acids is 1. The lowest BCUT2D eigenvalue weighted by Gasteiger charge is -2.36. The average molecular weight is 309 g/mol. The van der Waals surface area contributed by atoms with Crippen molar-refractivity contribution < 1.29 is 9.53 Å². The highest BCUT2D eigenvalue weighted by Crippen LogP contribution is 2.42. The number of nitrogens with one attached hydrogen (secondary N) is 1. The Labute approximate surface area is 130 Å². The summed E-state index contributed by atoms with van der Waals surface area (Å²) in [7, 11) is 1.58. The van der Waals surface area contributed by atoms with E-state index in [9.17, 15) is 4.79 Å². The Morgan fingerprint density at radius 2 is 2.19 bits per heavy atom. The van der Waals surface area contributed by atoms with E-state index in [1.807, 2.05) is 4.90 Å². The lowest BCUT2D eigenvalue weighted by atomic mass is 9.84. The number of benzene rings is 1. The fourth-order valence-corrected chi connectivity index (χ4v) is 3.93. The molecule has 0 aromatic heterocycles. The van der Waals surface area contributed by atoms with Crippen molar-refractivity contribution in [1.29, 1.82) is 0 Å². The van der Waals surface area contributed by atoms with E-state index in [1.54, 1.807) is 25.3 Å². The third-order valence-electron chi connectivity index (χ3n) is 5.00. The Hall–Kier alpha value is -1.26. The molecule has 21 heavy (non-hydrogen) atoms. The van der Waals surface area contributed by atoms with Crippen molar-refractivity contribution in [2.75, 3.05) is 26.7 Å². The zero-order valence-electron chi connectivity index (χ0n) is 12.6. The minimum absolute atomic E-state index is 0.00810. The Morgan fingerprint density at radius 3 is 2.86 bits per heavy atom. The number of hydrogen-bond acceptors (Lipinski definition) is 3. The van der Waals surface area contributed by atoms with E-state index in [4.69, 9.17) is 16.3 Å². The van der Waals surface area contributed by atoms with Gasteiger partial charge in [-0.05, 0) is 43.9 Å². The van der Waals surface area contributed by atoms with E-state index in [-0.39, 0.29) is 11.4 Å². The quantitative estimate of drug-likeness (QED) is 0.912. The molecule has 3 rings (SSSR count). The molecule has 2 aliphatic heterocycles. The molecule has 0 radical (unpaired) electrons. The van der Waals surface area contributed by atoms with Crippen LogP contribution in [0.15, 0.2) is 18.2 Å². The van der Waals surface area contributed by atoms with E-state index in [2.05, 4.69) is 19.2 Å². The topological polar surface area (TPSA) is 41.6 Å². The molecule has 2 heterocycles. The second kappa shape index (κ2) is 5.18. The van der Waals surface area contributed by atoms with Gasteiger partial charge in [-0.3, -0.25) is 4.79 Å². The first-order valence-electron chi connectivity index (χ1n) is 7.31. The first-order chi connectivity index (χ1) is 9.95. The molecule has 1 aromatic rings. The summed E-state index contributed by atoms with van der Waals surface area (Å²) in [6, 6.07) is 5.19. The highest BCUT2D eigenvalue weighted by atomic mass is 35.5. The van der Waals surface area contributed by atoms with Gasteiger partial charge in [0.2, 0.25) is 0 Å². The fourth-order valence-electron chi connectivity index (χ4n) is 3.76. The van der Waals surface area contributed by atoms with Crippen LogP contribution in [0.25, 0.3) is 0 Å². The number of rotatable bonds is 2. The van der Waals surface area contributed by atoms with Gasteiger partial charge in [0.1, 0.15) is 5.75 Å². The molecule has 0 aliphatic carbocycles. The smallest absolute Gasteiger partial charge is 0.258 e. The number of ether oxygens (including phenoxy) is 1. The summed E-state index contributed by atoms with van der Waals surface area (Å²) in [4.78, 5) is 15.0. The second-order valence-corrected chi connectivity index (χ2v) is 6.88. The zero-order chi connectivity index (χ0) is 15.2. The molecule has 114 valence electrons. The number of amides is 1. The van der Waals surface area contributed by atoms with Gasteiger partial charge in [0, 0.05) is 30.2 Å². The molecular weight excluding hydrogens is 288 g/mol. The third kappa shape index (κ3) is 2.30. The molecule has 2 saturated heterocycles. The standard InChI is InChI=1S/C16H21ClN2O2/c1-16(2)13-8-18-7-10(13)9-19(16)15(20)12-6-11(17)4-5-14(12)21-3/h4-6,10,13,18H,7-9H2,1-3H3. The van der Waals surface area contributed by atoms with Gasteiger partial charge < -0.3 is 15.0 Å². The highest BCUT2D eigenvalue weighted by molar-refractivity contribution is 6.31. The van der Waals surface area contributed by atoms with Crippen LogP contribution in [0.5, 0.6) is 5.75 Å². The maximum Gasteiger partial charge on any atom is 0.258 e. The first-order valence-corrected chi connectivity index (χ1v) is 7.69. The average Bonchev–Trinajstić information content (AvgIpc) is 3.00. The largest absolute Gasteiger partial charge is 0.496 e. The number of fused-ring (bicyclic) bond motifs is 1. The lowest BCUT2D eigenvalue weighted by Crippen LogP contribution is -2.47. The molecule has 0 saturated carbocycles. The molecule has 4 nitrogen and oxygen atoms in total. The summed E-state index contributed by atoms with van der Waals surface area (Å²) in [6.07, 6.45) is 0. The number of carbonyl (C=O) groups is 1. The third-order valence-corrected chi connectivity index (χ3v) is 5.23. The molecule has 2 fully saturated rings. The second-order valence-electron chi connectivity index (χ2n) is 6.44. The van der Waals surface area contributed by atoms with E-state index in [1.165, 1.54) is 0 Å². The first kappa shape index (κ1) is 14.7. The maximum absolute atomic E-state index is 13.0. The van der Waals surface area contributed by atoms with Crippen molar-refractivity contribution in [2.45, 2.75) is 19.4 Å². The number of nitrogens with zero attached hydrogens (tertiary/aromatic N) is 1. The molecule has 1 aromatic carbocycles. The van der Waals surface area contributed by atoms with Gasteiger partial charge in [-0.15, -0.1) is 0 Å². The van der Waals surface area contributed by atoms with Gasteiger partial charge in [0.05, 0.1) is 12.7 Å². The highest BCUT2D eigenvalue weighted by Gasteiger charge is 2.51. The van der Waals surface area contributed by atoms with Crippen LogP contribution in [0.2, 0.25) is 5.02 Å². The summed E-state index contributed by atoms with van der Waals surface area (Å²) < 4.78 is 5.32. The van der Waals surface area contributed by atoms with Crippen LogP contribution < -0.4 is 10.1 Å². The SMILES string of the molecule is COc1ccc(Cl)cc1C(=O)N1CC2CNCC2C1(C)C. The molecule has 5 heteroatoms. The van der Waals surface area contributed by atoms with Crippen LogP contribution in [0.1, 0.15) is 24.2 Å². The lowest BCUT2D eigenvalue weighted by molar-refractivity contribution is 0.0600. The van der Waals surface area contributed by atoms with Crippen molar-refractivity contribution in [3.8, 4) is 5.75 Å². The van der Waals surface area contributed by atoms with Crippen LogP contribution in [0, 0.1) is 11.8 Å². The van der Waals surface area contributed by atoms with Crippen molar-refractivity contribution >= 4 is 17.5 Å². The van der Waals surface area contributed by atoms with Crippen molar-refractivity contribution in [2.24, 2.45) is 11.8 Å². The van der Waals surface area contributed by atoms with Crippen LogP contribution in [-0.4, -0.2) is 43.1 Å². The van der Waals surface area contributed by atoms with E-state index in [0.717, 1.165) is 19.6 Å². The maximum atomic E-state index is 13.0. The van der Waals surface area contributed by atoms with Gasteiger partial charge in [0.15, 0.2) is 0 Å². The van der Waals surface area contributed by atoms with Gasteiger partial charge in [-0.1, -0.05) is 11.6 Å². The van der Waals surface area contributed by atoms with E-state index in [0.29, 0.717) is 28.2 Å². The number of halogens is 1. The minimum atomic E-state index is -0.154. The van der Waals surface area contributed by atoms with Crippen LogP contribution in [-0.2, 0) is 0 Å². The summed E-state index contributed by atoms with van der Waals surface area (Å²) in [6.45, 7) is 7.07. The summed E-state index contributed by atoms with van der Waals surface area (Å²) in [5.41, 5.74) is 0.393. The van der Waals surface area contributed by atoms with Gasteiger partial charge >= 0.3 is 0 Å². The minimum Gasteiger partial charge on any atom is -0.496 e. The molecule has 0 bridgehead atoms. The molecule has 2 aliphatic rings. The van der Waals surface area contributed by atoms with E-state index < -0.39 is 0 Å². The van der Waals surface area contributed by atoms with Crippen LogP contribution in [0.3, 0.4) is 0 Å². The number of likely N-dealkylation sites (tertiary alicyclic amines) is 1. The monoisotopic (exact) mass is 308 g/mol. The fraction of sp³-hybridized carbons (Fsp3) is 0.562. The molecule has 1 amide bonds. The van der Waals surface area contributed by atoms with Crippen molar-refractivity contribution in [3.05, 3.63) is 28.8 Å². The normalized spacial score (nSPS) is 26.8. The van der Waals surface area contributed by atoms with Crippen LogP contribution in [0.4, 0.5) is 0 Å². The van der Waals surface area contributed by atoms with Gasteiger partial charge in [-0.25, -0.2) is 0 Å². The van der Waals surface area contributed by atoms with Crippen molar-refractivity contribution in [1.82, 2.24) is 10.2 Å². The Kier molecular flexibility index (Phi) is 3.62. The number of methoxy groups -OCH3 is 1. The number of hydrogen-bond donors (Lipinski definition) is 1. The van der Waals surface area contributed by atoms with Crippen molar-refractivity contribution in [3.63, 3.8) is 0 Å². The Morgan fingerprint density at radius 1 is 1.43 bits per heavy atom. The molecule has 0 spiro atoms. The van der Waals surface area contributed by atoms with Gasteiger partial charge in [-0.2, -0.15) is 0 Å². The molecule has 2 atom stereocenters. The predicted octanol–water partition coefficient (Wildman–Crippen LogP) is 2.42. The Bertz CT molecular complexity index is 573. The summed E-state index contributed by atoms with van der Waals surface area (Å²) >= 11 is 6.06. The summed E-state index contributed by atoms with van der Waals surface area (Å²) in [5.74, 6) is 1.63. The molecular formula is C16H21ClN2O2. The molecule has 1 N–H and O–H groups in total. The zero-order valence-corrected chi connectivity index (χ0v) is 13.4. The summed E-state index contributed by atoms with van der Waals surface area (Å²) in [5, 5.41) is 3.98. The van der Waals surface area contributed by atoms with Crippen LogP contribution >= 0.6 is 11.6 Å². The Balaban J connectivity index is 1.94. The molecule has 2 unspecified atom stereocenters. The van der Waals surface area contributed by atoms with Gasteiger partial charge in [0.25, 0.3) is 5.91 Å².